The molecular weight excluding hydrogens is 328 g/mol. The first-order chi connectivity index (χ1) is 12.6. The molecule has 0 bridgehead atoms. The zero-order chi connectivity index (χ0) is 18.8. The summed E-state index contributed by atoms with van der Waals surface area (Å²) in [6, 6.07) is 6.28. The van der Waals surface area contributed by atoms with E-state index in [0.29, 0.717) is 25.7 Å². The van der Waals surface area contributed by atoms with E-state index in [1.807, 2.05) is 7.05 Å². The molecule has 1 unspecified atom stereocenters. The van der Waals surface area contributed by atoms with Crippen LogP contribution in [0.5, 0.6) is 5.75 Å². The van der Waals surface area contributed by atoms with E-state index in [4.69, 9.17) is 9.47 Å². The highest BCUT2D eigenvalue weighted by atomic mass is 16.5. The zero-order valence-electron chi connectivity index (χ0n) is 16.7. The summed E-state index contributed by atoms with van der Waals surface area (Å²) in [6.07, 6.45) is 2.56. The average molecular weight is 363 g/mol. The molecule has 1 aliphatic rings. The lowest BCUT2D eigenvalue weighted by Gasteiger charge is -2.30. The minimum absolute atomic E-state index is 0.551. The summed E-state index contributed by atoms with van der Waals surface area (Å²) >= 11 is 0. The quantitative estimate of drug-likeness (QED) is 0.421. The Morgan fingerprint density at radius 3 is 2.88 bits per heavy atom. The predicted octanol–water partition coefficient (Wildman–Crippen LogP) is 2.03. The summed E-state index contributed by atoms with van der Waals surface area (Å²) in [5.74, 6) is 2.42. The van der Waals surface area contributed by atoms with Crippen molar-refractivity contribution in [2.75, 3.05) is 54.1 Å². The van der Waals surface area contributed by atoms with E-state index >= 15 is 0 Å². The lowest BCUT2D eigenvalue weighted by Crippen LogP contribution is -2.43. The molecule has 2 rings (SSSR count). The Labute approximate surface area is 158 Å². The predicted molar refractivity (Wildman–Crippen MR) is 107 cm³/mol. The first-order valence-electron chi connectivity index (χ1n) is 9.46. The van der Waals surface area contributed by atoms with Crippen molar-refractivity contribution < 1.29 is 9.47 Å². The average Bonchev–Trinajstić information content (AvgIpc) is 2.63. The molecule has 1 heterocycles. The number of methoxy groups -OCH3 is 1. The maximum Gasteiger partial charge on any atom is 0.191 e. The molecule has 6 heteroatoms. The van der Waals surface area contributed by atoms with Gasteiger partial charge in [0.2, 0.25) is 0 Å². The maximum absolute atomic E-state index is 5.86. The third-order valence-electron chi connectivity index (χ3n) is 4.72. The number of piperidine rings is 1. The number of benzene rings is 1. The molecule has 1 aliphatic heterocycles. The van der Waals surface area contributed by atoms with Gasteiger partial charge in [-0.05, 0) is 50.9 Å². The van der Waals surface area contributed by atoms with Crippen LogP contribution in [0, 0.1) is 12.8 Å². The Morgan fingerprint density at radius 1 is 1.31 bits per heavy atom. The van der Waals surface area contributed by atoms with E-state index in [1.165, 1.54) is 24.9 Å². The van der Waals surface area contributed by atoms with Gasteiger partial charge in [-0.3, -0.25) is 4.99 Å². The summed E-state index contributed by atoms with van der Waals surface area (Å²) in [5, 5.41) is 6.87. The Balaban J connectivity index is 1.85. The zero-order valence-corrected chi connectivity index (χ0v) is 16.7. The SMILES string of the molecule is CN=C(NCc1ccc(C)cc1OCCOC)NCC1CCCN(C)C1. The molecule has 26 heavy (non-hydrogen) atoms. The van der Waals surface area contributed by atoms with Crippen molar-refractivity contribution in [3.8, 4) is 5.75 Å². The number of likely N-dealkylation sites (tertiary alicyclic amines) is 1. The van der Waals surface area contributed by atoms with Gasteiger partial charge in [0.15, 0.2) is 5.96 Å². The van der Waals surface area contributed by atoms with Gasteiger partial charge in [0.25, 0.3) is 0 Å². The highest BCUT2D eigenvalue weighted by Crippen LogP contribution is 2.20. The fourth-order valence-electron chi connectivity index (χ4n) is 3.26. The smallest absolute Gasteiger partial charge is 0.191 e. The van der Waals surface area contributed by atoms with Gasteiger partial charge in [-0.25, -0.2) is 0 Å². The maximum atomic E-state index is 5.86. The summed E-state index contributed by atoms with van der Waals surface area (Å²) in [7, 11) is 5.69. The summed E-state index contributed by atoms with van der Waals surface area (Å²) in [5.41, 5.74) is 2.30. The number of ether oxygens (including phenoxy) is 2. The van der Waals surface area contributed by atoms with E-state index in [-0.39, 0.29) is 0 Å². The van der Waals surface area contributed by atoms with Crippen LogP contribution in [0.3, 0.4) is 0 Å². The van der Waals surface area contributed by atoms with Gasteiger partial charge in [-0.2, -0.15) is 0 Å². The number of aliphatic imine (C=N–C) groups is 1. The number of hydrogen-bond donors (Lipinski definition) is 2. The minimum Gasteiger partial charge on any atom is -0.491 e. The Hall–Kier alpha value is -1.79. The number of rotatable bonds is 8. The number of nitrogens with zero attached hydrogens (tertiary/aromatic N) is 2. The van der Waals surface area contributed by atoms with Crippen LogP contribution in [-0.4, -0.2) is 64.9 Å². The summed E-state index contributed by atoms with van der Waals surface area (Å²) in [4.78, 5) is 6.75. The number of aryl methyl sites for hydroxylation is 1. The van der Waals surface area contributed by atoms with Crippen molar-refractivity contribution >= 4 is 5.96 Å². The molecule has 0 amide bonds. The van der Waals surface area contributed by atoms with Gasteiger partial charge in [0.05, 0.1) is 6.61 Å². The molecule has 6 nitrogen and oxygen atoms in total. The van der Waals surface area contributed by atoms with Crippen molar-refractivity contribution in [3.63, 3.8) is 0 Å². The molecular formula is C20H34N4O2. The van der Waals surface area contributed by atoms with Gasteiger partial charge in [-0.15, -0.1) is 0 Å². The molecule has 1 aromatic rings. The molecule has 1 fully saturated rings. The first-order valence-corrected chi connectivity index (χ1v) is 9.46. The van der Waals surface area contributed by atoms with E-state index in [2.05, 4.69) is 52.7 Å². The standard InChI is InChI=1S/C20H34N4O2/c1-16-7-8-18(19(12-16)26-11-10-25-4)14-23-20(21-2)22-13-17-6-5-9-24(3)15-17/h7-8,12,17H,5-6,9-11,13-15H2,1-4H3,(H2,21,22,23). The van der Waals surface area contributed by atoms with Gasteiger partial charge in [0.1, 0.15) is 12.4 Å². The normalized spacial score (nSPS) is 18.6. The van der Waals surface area contributed by atoms with Crippen LogP contribution in [0.25, 0.3) is 0 Å². The lowest BCUT2D eigenvalue weighted by atomic mass is 9.99. The molecule has 0 radical (unpaired) electrons. The van der Waals surface area contributed by atoms with Gasteiger partial charge >= 0.3 is 0 Å². The second-order valence-electron chi connectivity index (χ2n) is 7.03. The van der Waals surface area contributed by atoms with Gasteiger partial charge in [-0.1, -0.05) is 12.1 Å². The molecule has 1 saturated heterocycles. The Morgan fingerprint density at radius 2 is 2.15 bits per heavy atom. The molecule has 0 aliphatic carbocycles. The van der Waals surface area contributed by atoms with Crippen LogP contribution >= 0.6 is 0 Å². The molecule has 1 atom stereocenters. The summed E-state index contributed by atoms with van der Waals surface area (Å²) < 4.78 is 10.9. The molecule has 2 N–H and O–H groups in total. The third-order valence-corrected chi connectivity index (χ3v) is 4.72. The molecule has 0 saturated carbocycles. The minimum atomic E-state index is 0.551. The number of nitrogens with one attached hydrogen (secondary N) is 2. The van der Waals surface area contributed by atoms with Crippen LogP contribution in [0.15, 0.2) is 23.2 Å². The van der Waals surface area contributed by atoms with E-state index in [0.717, 1.165) is 30.4 Å². The molecule has 1 aromatic carbocycles. The van der Waals surface area contributed by atoms with E-state index in [1.54, 1.807) is 7.11 Å². The van der Waals surface area contributed by atoms with Crippen molar-refractivity contribution in [2.24, 2.45) is 10.9 Å². The molecule has 0 spiro atoms. The third kappa shape index (κ3) is 6.84. The van der Waals surface area contributed by atoms with Crippen molar-refractivity contribution in [2.45, 2.75) is 26.3 Å². The molecule has 0 aromatic heterocycles. The Bertz CT molecular complexity index is 577. The fraction of sp³-hybridized carbons (Fsp3) is 0.650. The van der Waals surface area contributed by atoms with Crippen LogP contribution in [0.1, 0.15) is 24.0 Å². The largest absolute Gasteiger partial charge is 0.491 e. The van der Waals surface area contributed by atoms with Crippen LogP contribution in [0.2, 0.25) is 0 Å². The van der Waals surface area contributed by atoms with E-state index < -0.39 is 0 Å². The number of guanidine groups is 1. The summed E-state index contributed by atoms with van der Waals surface area (Å²) in [6.45, 7) is 7.20. The fourth-order valence-corrected chi connectivity index (χ4v) is 3.26. The topological polar surface area (TPSA) is 58.1 Å². The van der Waals surface area contributed by atoms with Crippen molar-refractivity contribution in [1.82, 2.24) is 15.5 Å². The Kier molecular flexibility index (Phi) is 8.71. The van der Waals surface area contributed by atoms with Crippen LogP contribution in [-0.2, 0) is 11.3 Å². The van der Waals surface area contributed by atoms with Crippen molar-refractivity contribution in [3.05, 3.63) is 29.3 Å². The first kappa shape index (κ1) is 20.5. The van der Waals surface area contributed by atoms with Gasteiger partial charge in [0, 0.05) is 39.4 Å². The highest BCUT2D eigenvalue weighted by Gasteiger charge is 2.17. The monoisotopic (exact) mass is 362 g/mol. The van der Waals surface area contributed by atoms with Crippen molar-refractivity contribution in [1.29, 1.82) is 0 Å². The van der Waals surface area contributed by atoms with E-state index in [9.17, 15) is 0 Å². The lowest BCUT2D eigenvalue weighted by molar-refractivity contribution is 0.145. The van der Waals surface area contributed by atoms with Crippen LogP contribution < -0.4 is 15.4 Å². The molecule has 146 valence electrons. The number of hydrogen-bond acceptors (Lipinski definition) is 4. The van der Waals surface area contributed by atoms with Crippen LogP contribution in [0.4, 0.5) is 0 Å². The second-order valence-corrected chi connectivity index (χ2v) is 7.03. The highest BCUT2D eigenvalue weighted by molar-refractivity contribution is 5.79. The second kappa shape index (κ2) is 11.0. The van der Waals surface area contributed by atoms with Gasteiger partial charge < -0.3 is 25.0 Å².